The van der Waals surface area contributed by atoms with Crippen LogP contribution in [-0.4, -0.2) is 106 Å². The Hall–Kier alpha value is -2.63. The maximum atomic E-state index is 12.3. The van der Waals surface area contributed by atoms with Crippen LogP contribution in [0.25, 0.3) is 22.0 Å². The van der Waals surface area contributed by atoms with Gasteiger partial charge in [0.2, 0.25) is 5.91 Å². The number of aromatic amines is 1. The molecule has 1 N–H and O–H groups in total. The Bertz CT molecular complexity index is 1580. The van der Waals surface area contributed by atoms with Crippen molar-refractivity contribution in [1.82, 2.24) is 29.8 Å². The zero-order valence-corrected chi connectivity index (χ0v) is 27.9. The lowest BCUT2D eigenvalue weighted by molar-refractivity contribution is -0.180. The lowest BCUT2D eigenvalue weighted by Crippen LogP contribution is -2.57. The fourth-order valence-corrected chi connectivity index (χ4v) is 8.65. The summed E-state index contributed by atoms with van der Waals surface area (Å²) in [5.41, 5.74) is 3.61. The van der Waals surface area contributed by atoms with Gasteiger partial charge in [-0.1, -0.05) is 29.8 Å². The Morgan fingerprint density at radius 3 is 2.56 bits per heavy atom. The van der Waals surface area contributed by atoms with Crippen LogP contribution < -0.4 is 4.90 Å². The number of hydrogen-bond donors (Lipinski definition) is 1. The van der Waals surface area contributed by atoms with Gasteiger partial charge in [0, 0.05) is 67.0 Å². The molecule has 4 saturated heterocycles. The monoisotopic (exact) mass is 655 g/mol. The second-order valence-electron chi connectivity index (χ2n) is 13.8. The first-order valence-corrected chi connectivity index (χ1v) is 16.9. The molecule has 0 spiro atoms. The molecule has 4 fully saturated rings. The number of rotatable bonds is 6. The molecule has 7 rings (SSSR count). The molecule has 242 valence electrons. The number of fused-ring (bicyclic) bond motifs is 3. The number of halogens is 2. The van der Waals surface area contributed by atoms with E-state index in [2.05, 4.69) is 52.0 Å². The van der Waals surface area contributed by atoms with Crippen LogP contribution in [-0.2, 0) is 14.3 Å². The molecule has 0 saturated carbocycles. The molecule has 12 heteroatoms. The summed E-state index contributed by atoms with van der Waals surface area (Å²) in [6.07, 6.45) is 7.36. The molecular weight excluding hydrogens is 613 g/mol. The van der Waals surface area contributed by atoms with Crippen LogP contribution in [0.4, 0.5) is 5.82 Å². The summed E-state index contributed by atoms with van der Waals surface area (Å²) in [7, 11) is 0. The van der Waals surface area contributed by atoms with Gasteiger partial charge in [-0.2, -0.15) is 10.2 Å². The van der Waals surface area contributed by atoms with Crippen LogP contribution in [0.5, 0.6) is 0 Å². The number of carbonyl (C=O) groups excluding carboxylic acids is 1. The van der Waals surface area contributed by atoms with Crippen LogP contribution in [0.1, 0.15) is 51.3 Å². The number of likely N-dealkylation sites (tertiary alicyclic amines) is 1. The molecule has 1 aromatic carbocycles. The third kappa shape index (κ3) is 5.78. The van der Waals surface area contributed by atoms with Gasteiger partial charge >= 0.3 is 0 Å². The van der Waals surface area contributed by atoms with Crippen molar-refractivity contribution in [2.24, 2.45) is 5.92 Å². The summed E-state index contributed by atoms with van der Waals surface area (Å²) in [5, 5.41) is 14.7. The first-order chi connectivity index (χ1) is 21.6. The number of carbonyl (C=O) groups is 1. The molecule has 3 atom stereocenters. The predicted octanol–water partition coefficient (Wildman–Crippen LogP) is 5.49. The standard InChI is InChI=1S/C33H43Cl2N7O3/c1-5-28(43)40-9-7-22(8-10-40)42-20(2)29(30-25-14-36-37-27(25)12-26(34)31(30)35)32(38-42)41-11-6-21(13-33(41,3)4)15-39-16-23-18-44-19-24(17-39)45-23/h5,12,14,21-24H,1,6-11,13,15-19H2,2-4H3,(H,36,37)/t21-,23?,24?/m1/s1. The van der Waals surface area contributed by atoms with Gasteiger partial charge in [0.05, 0.1) is 53.2 Å². The maximum Gasteiger partial charge on any atom is 0.245 e. The van der Waals surface area contributed by atoms with Crippen LogP contribution in [0.3, 0.4) is 0 Å². The van der Waals surface area contributed by atoms with E-state index in [1.54, 1.807) is 0 Å². The number of hydrogen-bond acceptors (Lipinski definition) is 7. The smallest absolute Gasteiger partial charge is 0.245 e. The van der Waals surface area contributed by atoms with Crippen molar-refractivity contribution in [2.75, 3.05) is 57.4 Å². The highest BCUT2D eigenvalue weighted by molar-refractivity contribution is 6.45. The van der Waals surface area contributed by atoms with Crippen molar-refractivity contribution in [3.63, 3.8) is 0 Å². The van der Waals surface area contributed by atoms with E-state index in [1.165, 1.54) is 6.08 Å². The van der Waals surface area contributed by atoms with Crippen molar-refractivity contribution in [3.8, 4) is 11.1 Å². The predicted molar refractivity (Wildman–Crippen MR) is 177 cm³/mol. The van der Waals surface area contributed by atoms with E-state index >= 15 is 0 Å². The van der Waals surface area contributed by atoms with Crippen LogP contribution >= 0.6 is 23.2 Å². The number of nitrogens with zero attached hydrogens (tertiary/aromatic N) is 6. The SMILES string of the molecule is C=CC(=O)N1CCC(n2nc(N3CC[C@@H](CN4CC5COCC(C4)O5)CC3(C)C)c(-c3c(Cl)c(Cl)cc4[nH]ncc34)c2C)CC1. The van der Waals surface area contributed by atoms with Crippen molar-refractivity contribution >= 4 is 45.8 Å². The maximum absolute atomic E-state index is 12.3. The third-order valence-electron chi connectivity index (χ3n) is 10.3. The first kappa shape index (κ1) is 31.0. The Morgan fingerprint density at radius 1 is 1.13 bits per heavy atom. The molecule has 6 heterocycles. The highest BCUT2D eigenvalue weighted by Crippen LogP contribution is 2.48. The lowest BCUT2D eigenvalue weighted by Gasteiger charge is -2.48. The van der Waals surface area contributed by atoms with Gasteiger partial charge < -0.3 is 19.3 Å². The van der Waals surface area contributed by atoms with E-state index in [9.17, 15) is 4.79 Å². The quantitative estimate of drug-likeness (QED) is 0.351. The van der Waals surface area contributed by atoms with Gasteiger partial charge in [-0.15, -0.1) is 0 Å². The summed E-state index contributed by atoms with van der Waals surface area (Å²) in [5.74, 6) is 1.49. The fraction of sp³-hybridized carbons (Fsp3) is 0.606. The van der Waals surface area contributed by atoms with Gasteiger partial charge in [0.1, 0.15) is 0 Å². The van der Waals surface area contributed by atoms with Gasteiger partial charge in [-0.05, 0) is 64.5 Å². The second-order valence-corrected chi connectivity index (χ2v) is 14.6. The van der Waals surface area contributed by atoms with Crippen molar-refractivity contribution in [2.45, 2.75) is 70.2 Å². The second kappa shape index (κ2) is 12.2. The number of ether oxygens (including phenoxy) is 2. The van der Waals surface area contributed by atoms with Crippen molar-refractivity contribution < 1.29 is 14.3 Å². The molecule has 2 aromatic heterocycles. The molecule has 4 aliphatic rings. The van der Waals surface area contributed by atoms with E-state index < -0.39 is 0 Å². The Balaban J connectivity index is 1.22. The summed E-state index contributed by atoms with van der Waals surface area (Å²) in [6, 6.07) is 2.00. The van der Waals surface area contributed by atoms with Gasteiger partial charge in [0.25, 0.3) is 0 Å². The van der Waals surface area contributed by atoms with Gasteiger partial charge in [0.15, 0.2) is 5.82 Å². The Morgan fingerprint density at radius 2 is 1.87 bits per heavy atom. The van der Waals surface area contributed by atoms with E-state index in [1.807, 2.05) is 17.2 Å². The third-order valence-corrected chi connectivity index (χ3v) is 11.1. The molecular formula is C33H43Cl2N7O3. The molecule has 0 radical (unpaired) electrons. The first-order valence-electron chi connectivity index (χ1n) is 16.2. The van der Waals surface area contributed by atoms with Crippen molar-refractivity contribution in [1.29, 1.82) is 0 Å². The van der Waals surface area contributed by atoms with Gasteiger partial charge in [-0.3, -0.25) is 19.5 Å². The molecule has 0 aliphatic carbocycles. The normalized spacial score (nSPS) is 26.0. The zero-order valence-electron chi connectivity index (χ0n) is 26.4. The number of amides is 1. The number of nitrogens with one attached hydrogen (secondary N) is 1. The van der Waals surface area contributed by atoms with Crippen molar-refractivity contribution in [3.05, 3.63) is 40.7 Å². The minimum Gasteiger partial charge on any atom is -0.376 e. The summed E-state index contributed by atoms with van der Waals surface area (Å²) in [4.78, 5) is 19.2. The van der Waals surface area contributed by atoms with E-state index in [-0.39, 0.29) is 29.7 Å². The molecule has 10 nitrogen and oxygen atoms in total. The highest BCUT2D eigenvalue weighted by Gasteiger charge is 2.41. The number of anilines is 1. The Labute approximate surface area is 274 Å². The summed E-state index contributed by atoms with van der Waals surface area (Å²) in [6.45, 7) is 17.1. The molecule has 3 aromatic rings. The highest BCUT2D eigenvalue weighted by atomic mass is 35.5. The number of aromatic nitrogens is 4. The minimum atomic E-state index is -0.144. The number of H-pyrrole nitrogens is 1. The van der Waals surface area contributed by atoms with Crippen LogP contribution in [0, 0.1) is 12.8 Å². The largest absolute Gasteiger partial charge is 0.376 e. The fourth-order valence-electron chi connectivity index (χ4n) is 8.20. The molecule has 45 heavy (non-hydrogen) atoms. The topological polar surface area (TPSA) is 91.8 Å². The number of benzene rings is 1. The molecule has 1 amide bonds. The average Bonchev–Trinajstić information content (AvgIpc) is 3.61. The molecule has 2 bridgehead atoms. The Kier molecular flexibility index (Phi) is 8.40. The summed E-state index contributed by atoms with van der Waals surface area (Å²) < 4.78 is 14.0. The van der Waals surface area contributed by atoms with Gasteiger partial charge in [-0.25, -0.2) is 0 Å². The number of piperidine rings is 2. The van der Waals surface area contributed by atoms with E-state index in [4.69, 9.17) is 37.8 Å². The average molecular weight is 657 g/mol. The van der Waals surface area contributed by atoms with Crippen LogP contribution in [0.15, 0.2) is 24.9 Å². The molecule has 2 unspecified atom stereocenters. The molecule has 4 aliphatic heterocycles. The zero-order chi connectivity index (χ0) is 31.5. The van der Waals surface area contributed by atoms with E-state index in [0.29, 0.717) is 42.3 Å². The van der Waals surface area contributed by atoms with E-state index in [0.717, 1.165) is 85.4 Å². The minimum absolute atomic E-state index is 0.0154. The summed E-state index contributed by atoms with van der Waals surface area (Å²) >= 11 is 13.8. The lowest BCUT2D eigenvalue weighted by atomic mass is 9.81. The van der Waals surface area contributed by atoms with Crippen LogP contribution in [0.2, 0.25) is 10.0 Å². The number of morpholine rings is 1.